The van der Waals surface area contributed by atoms with Crippen LogP contribution in [-0.4, -0.2) is 24.4 Å². The molecule has 164 valence electrons. The van der Waals surface area contributed by atoms with Gasteiger partial charge in [-0.25, -0.2) is 4.79 Å². The topological polar surface area (TPSA) is 84.5 Å². The van der Waals surface area contributed by atoms with Crippen molar-refractivity contribution in [3.05, 3.63) is 0 Å². The summed E-state index contributed by atoms with van der Waals surface area (Å²) in [6, 6.07) is 0. The summed E-state index contributed by atoms with van der Waals surface area (Å²) in [7, 11) is 0. The van der Waals surface area contributed by atoms with Gasteiger partial charge in [-0.3, -0.25) is 20.4 Å². The zero-order chi connectivity index (χ0) is 20.9. The van der Waals surface area contributed by atoms with Crippen molar-refractivity contribution in [2.45, 2.75) is 117 Å². The van der Waals surface area contributed by atoms with E-state index < -0.39 is 11.9 Å². The lowest BCUT2D eigenvalue weighted by atomic mass is 10.0. The number of carbonyl (C=O) groups is 3. The number of unbranched alkanes of at least 4 members (excludes halogenated alkanes) is 14. The fourth-order valence-corrected chi connectivity index (χ4v) is 3.09. The second kappa shape index (κ2) is 20.2. The minimum Gasteiger partial charge on any atom is -0.459 e. The van der Waals surface area contributed by atoms with Crippen LogP contribution in [0.3, 0.4) is 0 Å². The Hall–Kier alpha value is -1.59. The predicted octanol–water partition coefficient (Wildman–Crippen LogP) is 4.96. The number of ether oxygens (including phenoxy) is 1. The average Bonchev–Trinajstić information content (AvgIpc) is 2.69. The van der Waals surface area contributed by atoms with Crippen LogP contribution in [-0.2, 0) is 19.1 Å². The third-order valence-electron chi connectivity index (χ3n) is 4.78. The molecule has 0 heterocycles. The van der Waals surface area contributed by atoms with Crippen LogP contribution in [0.5, 0.6) is 0 Å². The van der Waals surface area contributed by atoms with Crippen molar-refractivity contribution in [2.24, 2.45) is 0 Å². The average molecular weight is 399 g/mol. The summed E-state index contributed by atoms with van der Waals surface area (Å²) in [6.45, 7) is 3.99. The monoisotopic (exact) mass is 398 g/mol. The van der Waals surface area contributed by atoms with Crippen LogP contribution >= 0.6 is 0 Å². The molecule has 0 aromatic rings. The highest BCUT2D eigenvalue weighted by atomic mass is 16.5. The van der Waals surface area contributed by atoms with Crippen LogP contribution in [0.1, 0.15) is 117 Å². The standard InChI is InChI=1S/C22H42N2O4/c1-3-5-6-7-8-9-10-11-12-13-14-15-16-17-18-19-20(25)23-24-21(26)22(27)28-4-2/h3-19H2,1-2H3,(H,23,25)(H,24,26). The Morgan fingerprint density at radius 2 is 1.04 bits per heavy atom. The van der Waals surface area contributed by atoms with Crippen molar-refractivity contribution in [1.29, 1.82) is 0 Å². The molecule has 6 nitrogen and oxygen atoms in total. The molecule has 0 spiro atoms. The fraction of sp³-hybridized carbons (Fsp3) is 0.864. The Morgan fingerprint density at radius 3 is 1.46 bits per heavy atom. The molecule has 0 saturated heterocycles. The summed E-state index contributed by atoms with van der Waals surface area (Å²) in [5, 5.41) is 0. The van der Waals surface area contributed by atoms with E-state index in [1.54, 1.807) is 6.92 Å². The van der Waals surface area contributed by atoms with E-state index in [4.69, 9.17) is 0 Å². The Balaban J connectivity index is 3.29. The molecule has 6 heteroatoms. The lowest BCUT2D eigenvalue weighted by molar-refractivity contribution is -0.155. The first-order chi connectivity index (χ1) is 13.6. The molecule has 0 bridgehead atoms. The quantitative estimate of drug-likeness (QED) is 0.157. The minimum atomic E-state index is -0.991. The van der Waals surface area contributed by atoms with Gasteiger partial charge in [0.25, 0.3) is 0 Å². The van der Waals surface area contributed by atoms with Gasteiger partial charge in [0, 0.05) is 6.42 Å². The third-order valence-corrected chi connectivity index (χ3v) is 4.78. The first-order valence-electron chi connectivity index (χ1n) is 11.4. The van der Waals surface area contributed by atoms with Crippen LogP contribution < -0.4 is 10.9 Å². The van der Waals surface area contributed by atoms with Crippen LogP contribution in [0, 0.1) is 0 Å². The Bertz CT molecular complexity index is 413. The molecule has 28 heavy (non-hydrogen) atoms. The third kappa shape index (κ3) is 17.8. The molecule has 0 aliphatic heterocycles. The largest absolute Gasteiger partial charge is 0.459 e. The fourth-order valence-electron chi connectivity index (χ4n) is 3.09. The zero-order valence-electron chi connectivity index (χ0n) is 18.2. The second-order valence-corrected chi connectivity index (χ2v) is 7.42. The van der Waals surface area contributed by atoms with E-state index in [0.29, 0.717) is 6.42 Å². The molecule has 0 radical (unpaired) electrons. The van der Waals surface area contributed by atoms with Crippen LogP contribution in [0.4, 0.5) is 0 Å². The van der Waals surface area contributed by atoms with Gasteiger partial charge in [-0.1, -0.05) is 96.8 Å². The van der Waals surface area contributed by atoms with Gasteiger partial charge in [-0.15, -0.1) is 0 Å². The van der Waals surface area contributed by atoms with E-state index in [1.165, 1.54) is 77.0 Å². The minimum absolute atomic E-state index is 0.124. The van der Waals surface area contributed by atoms with Crippen LogP contribution in [0.15, 0.2) is 0 Å². The Kier molecular flexibility index (Phi) is 19.0. The lowest BCUT2D eigenvalue weighted by Crippen LogP contribution is -2.45. The van der Waals surface area contributed by atoms with E-state index in [9.17, 15) is 14.4 Å². The molecule has 0 aliphatic carbocycles. The van der Waals surface area contributed by atoms with Crippen LogP contribution in [0.25, 0.3) is 0 Å². The van der Waals surface area contributed by atoms with Gasteiger partial charge < -0.3 is 4.74 Å². The molecule has 2 amide bonds. The molecule has 0 atom stereocenters. The molecule has 2 N–H and O–H groups in total. The van der Waals surface area contributed by atoms with Gasteiger partial charge in [0.1, 0.15) is 0 Å². The number of nitrogens with one attached hydrogen (secondary N) is 2. The number of esters is 1. The number of hydrogen-bond donors (Lipinski definition) is 2. The molecule has 0 aromatic carbocycles. The van der Waals surface area contributed by atoms with Crippen LogP contribution in [0.2, 0.25) is 0 Å². The lowest BCUT2D eigenvalue weighted by Gasteiger charge is -2.06. The highest BCUT2D eigenvalue weighted by Gasteiger charge is 2.14. The summed E-state index contributed by atoms with van der Waals surface area (Å²) in [6.07, 6.45) is 19.5. The highest BCUT2D eigenvalue weighted by molar-refractivity contribution is 6.32. The summed E-state index contributed by atoms with van der Waals surface area (Å²) in [5.74, 6) is -2.23. The van der Waals surface area contributed by atoms with Crippen molar-refractivity contribution in [1.82, 2.24) is 10.9 Å². The maximum absolute atomic E-state index is 11.6. The SMILES string of the molecule is CCCCCCCCCCCCCCCCCC(=O)NNC(=O)C(=O)OCC. The summed E-state index contributed by atoms with van der Waals surface area (Å²) >= 11 is 0. The number of rotatable bonds is 17. The Labute approximate surface area is 171 Å². The van der Waals surface area contributed by atoms with Crippen molar-refractivity contribution in [3.8, 4) is 0 Å². The van der Waals surface area contributed by atoms with Crippen molar-refractivity contribution in [3.63, 3.8) is 0 Å². The van der Waals surface area contributed by atoms with Crippen molar-refractivity contribution >= 4 is 17.8 Å². The smallest absolute Gasteiger partial charge is 0.398 e. The summed E-state index contributed by atoms with van der Waals surface area (Å²) in [5.41, 5.74) is 4.29. The van der Waals surface area contributed by atoms with Gasteiger partial charge in [0.05, 0.1) is 6.61 Å². The number of amides is 2. The van der Waals surface area contributed by atoms with Crippen molar-refractivity contribution in [2.75, 3.05) is 6.61 Å². The number of carbonyl (C=O) groups excluding carboxylic acids is 3. The molecular formula is C22H42N2O4. The van der Waals surface area contributed by atoms with E-state index >= 15 is 0 Å². The van der Waals surface area contributed by atoms with Gasteiger partial charge in [0.15, 0.2) is 0 Å². The van der Waals surface area contributed by atoms with Gasteiger partial charge >= 0.3 is 11.9 Å². The second-order valence-electron chi connectivity index (χ2n) is 7.42. The van der Waals surface area contributed by atoms with Gasteiger partial charge in [-0.2, -0.15) is 0 Å². The van der Waals surface area contributed by atoms with Gasteiger partial charge in [0.2, 0.25) is 5.91 Å². The van der Waals surface area contributed by atoms with Crippen molar-refractivity contribution < 1.29 is 19.1 Å². The number of hydrogen-bond acceptors (Lipinski definition) is 4. The number of hydrazine groups is 1. The molecule has 0 unspecified atom stereocenters. The maximum atomic E-state index is 11.6. The molecule has 0 saturated carbocycles. The highest BCUT2D eigenvalue weighted by Crippen LogP contribution is 2.13. The molecule has 0 aliphatic rings. The Morgan fingerprint density at radius 1 is 0.607 bits per heavy atom. The normalized spacial score (nSPS) is 10.5. The molecule has 0 rings (SSSR count). The molecule has 0 aromatic heterocycles. The first-order valence-corrected chi connectivity index (χ1v) is 11.4. The van der Waals surface area contributed by atoms with E-state index in [-0.39, 0.29) is 12.5 Å². The van der Waals surface area contributed by atoms with E-state index in [1.807, 2.05) is 0 Å². The molecule has 0 fully saturated rings. The first kappa shape index (κ1) is 26.4. The molecular weight excluding hydrogens is 356 g/mol. The summed E-state index contributed by atoms with van der Waals surface area (Å²) in [4.78, 5) is 33.9. The van der Waals surface area contributed by atoms with Gasteiger partial charge in [-0.05, 0) is 13.3 Å². The predicted molar refractivity (Wildman–Crippen MR) is 112 cm³/mol. The zero-order valence-corrected chi connectivity index (χ0v) is 18.2. The maximum Gasteiger partial charge on any atom is 0.398 e. The van der Waals surface area contributed by atoms with E-state index in [2.05, 4.69) is 22.5 Å². The van der Waals surface area contributed by atoms with E-state index in [0.717, 1.165) is 19.3 Å². The summed E-state index contributed by atoms with van der Waals surface area (Å²) < 4.78 is 4.52.